The number of rotatable bonds is 4. The van der Waals surface area contributed by atoms with Crippen LogP contribution in [0.25, 0.3) is 0 Å². The summed E-state index contributed by atoms with van der Waals surface area (Å²) in [5.41, 5.74) is 8.01. The number of hydrogen-bond acceptors (Lipinski definition) is 2. The standard InChI is InChI=1S/C38H38O2/c1-25-11-15-33(29(5)21-25)37(39,34-16-12-26(2)22-30(34)6)19-9-10-20-38(40,35-17-13-27(3)23-31(35)7)36-18-14-28(4)24-32(36)8/h11-18,21-24,39-40H,1-8H3. The lowest BCUT2D eigenvalue weighted by Crippen LogP contribution is -2.28. The van der Waals surface area contributed by atoms with Crippen molar-refractivity contribution in [2.45, 2.75) is 66.6 Å². The van der Waals surface area contributed by atoms with Gasteiger partial charge in [-0.15, -0.1) is 0 Å². The van der Waals surface area contributed by atoms with Gasteiger partial charge < -0.3 is 10.2 Å². The summed E-state index contributed by atoms with van der Waals surface area (Å²) in [5.74, 6) is 12.1. The van der Waals surface area contributed by atoms with Crippen molar-refractivity contribution < 1.29 is 10.2 Å². The van der Waals surface area contributed by atoms with Crippen LogP contribution in [0.1, 0.15) is 66.8 Å². The van der Waals surface area contributed by atoms with Crippen LogP contribution in [0.4, 0.5) is 0 Å². The van der Waals surface area contributed by atoms with Crippen molar-refractivity contribution in [3.63, 3.8) is 0 Å². The van der Waals surface area contributed by atoms with Crippen LogP contribution in [-0.4, -0.2) is 10.2 Å². The molecule has 2 N–H and O–H groups in total. The summed E-state index contributed by atoms with van der Waals surface area (Å²) in [6.45, 7) is 16.1. The quantitative estimate of drug-likeness (QED) is 0.273. The summed E-state index contributed by atoms with van der Waals surface area (Å²) < 4.78 is 0. The average Bonchev–Trinajstić information content (AvgIpc) is 2.86. The molecule has 40 heavy (non-hydrogen) atoms. The lowest BCUT2D eigenvalue weighted by atomic mass is 9.81. The monoisotopic (exact) mass is 526 g/mol. The Kier molecular flexibility index (Phi) is 8.09. The highest BCUT2D eigenvalue weighted by Crippen LogP contribution is 2.36. The van der Waals surface area contributed by atoms with E-state index < -0.39 is 11.2 Å². The molecule has 0 spiro atoms. The fourth-order valence-corrected chi connectivity index (χ4v) is 5.68. The van der Waals surface area contributed by atoms with E-state index in [9.17, 15) is 10.2 Å². The van der Waals surface area contributed by atoms with Crippen molar-refractivity contribution in [3.05, 3.63) is 140 Å². The molecule has 0 heterocycles. The van der Waals surface area contributed by atoms with Crippen molar-refractivity contribution in [1.82, 2.24) is 0 Å². The lowest BCUT2D eigenvalue weighted by Gasteiger charge is -2.28. The van der Waals surface area contributed by atoms with Crippen LogP contribution in [0.2, 0.25) is 0 Å². The fraction of sp³-hybridized carbons (Fsp3) is 0.263. The van der Waals surface area contributed by atoms with Crippen LogP contribution in [0, 0.1) is 79.1 Å². The van der Waals surface area contributed by atoms with Crippen LogP contribution >= 0.6 is 0 Å². The van der Waals surface area contributed by atoms with E-state index in [1.807, 2.05) is 104 Å². The molecule has 0 aliphatic rings. The van der Waals surface area contributed by atoms with E-state index in [1.165, 1.54) is 0 Å². The maximum atomic E-state index is 12.2. The molecule has 0 aliphatic heterocycles. The zero-order valence-corrected chi connectivity index (χ0v) is 24.8. The summed E-state index contributed by atoms with van der Waals surface area (Å²) in [5, 5.41) is 24.4. The smallest absolute Gasteiger partial charge is 0.178 e. The molecule has 4 aromatic rings. The van der Waals surface area contributed by atoms with Crippen molar-refractivity contribution >= 4 is 0 Å². The SMILES string of the molecule is Cc1ccc(C(O)(C#CC#CC(O)(c2ccc(C)cc2C)c2ccc(C)cc2C)c2ccc(C)cc2C)c(C)c1. The largest absolute Gasteiger partial charge is 0.369 e. The molecule has 0 fully saturated rings. The Balaban J connectivity index is 1.92. The first kappa shape index (κ1) is 28.9. The molecule has 0 radical (unpaired) electrons. The number of benzene rings is 4. The maximum absolute atomic E-state index is 12.2. The van der Waals surface area contributed by atoms with Gasteiger partial charge in [0.2, 0.25) is 0 Å². The zero-order chi connectivity index (χ0) is 29.2. The summed E-state index contributed by atoms with van der Waals surface area (Å²) in [6, 6.07) is 23.9. The fourth-order valence-electron chi connectivity index (χ4n) is 5.68. The first-order valence-electron chi connectivity index (χ1n) is 13.6. The second-order valence-corrected chi connectivity index (χ2v) is 11.2. The molecule has 0 bridgehead atoms. The van der Waals surface area contributed by atoms with Gasteiger partial charge in [0.25, 0.3) is 0 Å². The third kappa shape index (κ3) is 5.61. The van der Waals surface area contributed by atoms with Crippen molar-refractivity contribution in [2.24, 2.45) is 0 Å². The van der Waals surface area contributed by atoms with Crippen molar-refractivity contribution in [3.8, 4) is 23.7 Å². The molecular formula is C38H38O2. The van der Waals surface area contributed by atoms with E-state index in [0.717, 1.165) is 66.8 Å². The summed E-state index contributed by atoms with van der Waals surface area (Å²) >= 11 is 0. The first-order valence-corrected chi connectivity index (χ1v) is 13.6. The van der Waals surface area contributed by atoms with Crippen LogP contribution in [-0.2, 0) is 11.2 Å². The Morgan fingerprint density at radius 3 is 0.825 bits per heavy atom. The van der Waals surface area contributed by atoms with Crippen molar-refractivity contribution in [1.29, 1.82) is 0 Å². The van der Waals surface area contributed by atoms with E-state index in [2.05, 4.69) is 47.9 Å². The minimum Gasteiger partial charge on any atom is -0.369 e. The topological polar surface area (TPSA) is 40.5 Å². The molecule has 0 atom stereocenters. The second-order valence-electron chi connectivity index (χ2n) is 11.2. The van der Waals surface area contributed by atoms with Gasteiger partial charge in [-0.1, -0.05) is 95.1 Å². The number of hydrogen-bond donors (Lipinski definition) is 2. The van der Waals surface area contributed by atoms with Gasteiger partial charge in [0.15, 0.2) is 11.2 Å². The van der Waals surface area contributed by atoms with Gasteiger partial charge in [-0.3, -0.25) is 0 Å². The van der Waals surface area contributed by atoms with E-state index in [1.54, 1.807) is 0 Å². The minimum absolute atomic E-state index is 0.721. The molecule has 4 aromatic carbocycles. The predicted molar refractivity (Wildman–Crippen MR) is 165 cm³/mol. The Bertz CT molecular complexity index is 1480. The average molecular weight is 527 g/mol. The molecule has 0 saturated heterocycles. The molecule has 0 amide bonds. The van der Waals surface area contributed by atoms with Gasteiger partial charge >= 0.3 is 0 Å². The van der Waals surface area contributed by atoms with E-state index >= 15 is 0 Å². The van der Waals surface area contributed by atoms with E-state index in [-0.39, 0.29) is 0 Å². The van der Waals surface area contributed by atoms with Crippen molar-refractivity contribution in [2.75, 3.05) is 0 Å². The Labute approximate surface area is 239 Å². The normalized spacial score (nSPS) is 11.3. The number of aliphatic hydroxyl groups is 2. The zero-order valence-electron chi connectivity index (χ0n) is 24.8. The Morgan fingerprint density at radius 1 is 0.400 bits per heavy atom. The van der Waals surface area contributed by atoms with Crippen LogP contribution in [0.15, 0.2) is 72.8 Å². The molecular weight excluding hydrogens is 488 g/mol. The molecule has 0 aromatic heterocycles. The highest BCUT2D eigenvalue weighted by Gasteiger charge is 2.34. The molecule has 202 valence electrons. The van der Waals surface area contributed by atoms with Gasteiger partial charge in [0.1, 0.15) is 0 Å². The molecule has 2 nitrogen and oxygen atoms in total. The minimum atomic E-state index is -1.57. The highest BCUT2D eigenvalue weighted by atomic mass is 16.3. The van der Waals surface area contributed by atoms with E-state index in [0.29, 0.717) is 0 Å². The second kappa shape index (κ2) is 11.2. The molecule has 2 heteroatoms. The molecule has 0 saturated carbocycles. The highest BCUT2D eigenvalue weighted by molar-refractivity contribution is 5.55. The third-order valence-electron chi connectivity index (χ3n) is 7.64. The molecule has 0 unspecified atom stereocenters. The van der Waals surface area contributed by atoms with E-state index in [4.69, 9.17) is 0 Å². The molecule has 4 rings (SSSR count). The Hall–Kier alpha value is -4.08. The summed E-state index contributed by atoms with van der Waals surface area (Å²) in [7, 11) is 0. The van der Waals surface area contributed by atoms with Gasteiger partial charge in [-0.05, 0) is 101 Å². The van der Waals surface area contributed by atoms with Crippen LogP contribution < -0.4 is 0 Å². The molecule has 0 aliphatic carbocycles. The maximum Gasteiger partial charge on any atom is 0.178 e. The van der Waals surface area contributed by atoms with Gasteiger partial charge in [-0.25, -0.2) is 0 Å². The van der Waals surface area contributed by atoms with Crippen LogP contribution in [0.3, 0.4) is 0 Å². The first-order chi connectivity index (χ1) is 18.8. The van der Waals surface area contributed by atoms with Crippen LogP contribution in [0.5, 0.6) is 0 Å². The van der Waals surface area contributed by atoms with Gasteiger partial charge in [0, 0.05) is 22.3 Å². The Morgan fingerprint density at radius 2 is 0.625 bits per heavy atom. The lowest BCUT2D eigenvalue weighted by molar-refractivity contribution is 0.143. The predicted octanol–water partition coefficient (Wildman–Crippen LogP) is 7.33. The van der Waals surface area contributed by atoms with Gasteiger partial charge in [-0.2, -0.15) is 0 Å². The van der Waals surface area contributed by atoms with Gasteiger partial charge in [0.05, 0.1) is 0 Å². The third-order valence-corrected chi connectivity index (χ3v) is 7.64. The number of aryl methyl sites for hydroxylation is 8. The summed E-state index contributed by atoms with van der Waals surface area (Å²) in [6.07, 6.45) is 0. The summed E-state index contributed by atoms with van der Waals surface area (Å²) in [4.78, 5) is 0.